The van der Waals surface area contributed by atoms with Crippen LogP contribution in [0.5, 0.6) is 5.75 Å². The molecule has 0 saturated carbocycles. The first kappa shape index (κ1) is 46.8. The van der Waals surface area contributed by atoms with Gasteiger partial charge in [-0.3, -0.25) is 33.7 Å². The summed E-state index contributed by atoms with van der Waals surface area (Å²) in [6.45, 7) is 16.1. The summed E-state index contributed by atoms with van der Waals surface area (Å²) in [4.78, 5) is 65.2. The highest BCUT2D eigenvalue weighted by atomic mass is 79.9. The third kappa shape index (κ3) is 8.35. The number of nitrogens with zero attached hydrogens (tertiary/aromatic N) is 4. The van der Waals surface area contributed by atoms with Crippen molar-refractivity contribution >= 4 is 73.3 Å². The Morgan fingerprint density at radius 1 is 1.17 bits per heavy atom. The Balaban J connectivity index is 0.000000251. The lowest BCUT2D eigenvalue weighted by Crippen LogP contribution is -2.71. The molecule has 0 unspecified atom stereocenters. The fourth-order valence-electron chi connectivity index (χ4n) is 10.0. The highest BCUT2D eigenvalue weighted by molar-refractivity contribution is 9.10. The summed E-state index contributed by atoms with van der Waals surface area (Å²) < 4.78 is 12.6. The van der Waals surface area contributed by atoms with E-state index in [1.807, 2.05) is 33.0 Å². The largest absolute Gasteiger partial charge is 0.496 e. The first-order chi connectivity index (χ1) is 29.9. The van der Waals surface area contributed by atoms with Crippen LogP contribution in [0.3, 0.4) is 0 Å². The van der Waals surface area contributed by atoms with Crippen molar-refractivity contribution in [2.45, 2.75) is 97.0 Å². The van der Waals surface area contributed by atoms with E-state index in [0.29, 0.717) is 54.5 Å². The molecule has 3 fully saturated rings. The second-order valence-corrected chi connectivity index (χ2v) is 19.2. The van der Waals surface area contributed by atoms with Crippen LogP contribution < -0.4 is 21.1 Å². The van der Waals surface area contributed by atoms with E-state index in [1.165, 1.54) is 29.0 Å². The zero-order chi connectivity index (χ0) is 45.7. The van der Waals surface area contributed by atoms with Gasteiger partial charge in [-0.05, 0) is 96.5 Å². The molecule has 4 aliphatic heterocycles. The van der Waals surface area contributed by atoms with Crippen LogP contribution in [0, 0.1) is 17.8 Å². The number of carbonyl (C=O) groups excluding carboxylic acids is 4. The molecule has 3 aromatic rings. The third-order valence-corrected chi connectivity index (χ3v) is 14.4. The van der Waals surface area contributed by atoms with Crippen molar-refractivity contribution in [2.24, 2.45) is 17.8 Å². The lowest BCUT2D eigenvalue weighted by molar-refractivity contribution is -0.322. The predicted molar refractivity (Wildman–Crippen MR) is 247 cm³/mol. The molecule has 5 aliphatic rings. The fourth-order valence-corrected chi connectivity index (χ4v) is 10.8. The van der Waals surface area contributed by atoms with Crippen LogP contribution in [0.2, 0.25) is 5.02 Å². The van der Waals surface area contributed by atoms with Gasteiger partial charge in [0.05, 0.1) is 33.9 Å². The van der Waals surface area contributed by atoms with Crippen LogP contribution in [-0.2, 0) is 25.5 Å². The van der Waals surface area contributed by atoms with Crippen molar-refractivity contribution in [2.75, 3.05) is 59.2 Å². The highest BCUT2D eigenvalue weighted by Gasteiger charge is 2.72. The van der Waals surface area contributed by atoms with Crippen LogP contribution in [0.25, 0.3) is 16.5 Å². The second kappa shape index (κ2) is 18.4. The average molecular weight is 954 g/mol. The number of benzene rings is 2. The number of rotatable bonds is 12. The molecule has 0 spiro atoms. The maximum atomic E-state index is 14.4. The molecular formula is C46H62BrClN8O7. The number of halogens is 2. The Kier molecular flexibility index (Phi) is 13.6. The number of anilines is 1. The number of likely N-dealkylation sites (N-methyl/N-ethyl adjacent to an activating group) is 2. The van der Waals surface area contributed by atoms with Gasteiger partial charge in [0.2, 0.25) is 17.5 Å². The van der Waals surface area contributed by atoms with E-state index in [0.717, 1.165) is 53.7 Å². The van der Waals surface area contributed by atoms with Gasteiger partial charge in [-0.15, -0.1) is 0 Å². The third-order valence-electron chi connectivity index (χ3n) is 13.4. The van der Waals surface area contributed by atoms with Crippen molar-refractivity contribution in [1.29, 1.82) is 0 Å². The molecule has 0 radical (unpaired) electrons. The average Bonchev–Trinajstić information content (AvgIpc) is 3.94. The number of H-pyrrole nitrogens is 1. The minimum Gasteiger partial charge on any atom is -0.496 e. The summed E-state index contributed by atoms with van der Waals surface area (Å²) in [5.74, 6) is -3.80. The highest BCUT2D eigenvalue weighted by Crippen LogP contribution is 2.49. The molecule has 4 amide bonds. The number of hydrogen-bond donors (Lipinski definition) is 5. The summed E-state index contributed by atoms with van der Waals surface area (Å²) in [6, 6.07) is 7.85. The van der Waals surface area contributed by atoms with E-state index in [-0.39, 0.29) is 29.7 Å². The summed E-state index contributed by atoms with van der Waals surface area (Å²) in [5.41, 5.74) is 9.15. The van der Waals surface area contributed by atoms with Gasteiger partial charge in [0.25, 0.3) is 17.7 Å². The molecule has 63 heavy (non-hydrogen) atoms. The number of nitrogens with one attached hydrogen (secondary N) is 3. The van der Waals surface area contributed by atoms with Crippen LogP contribution in [-0.4, -0.2) is 137 Å². The van der Waals surface area contributed by atoms with E-state index < -0.39 is 41.5 Å². The van der Waals surface area contributed by atoms with Gasteiger partial charge in [-0.1, -0.05) is 71.4 Å². The molecule has 6 N–H and O–H groups in total. The lowest BCUT2D eigenvalue weighted by atomic mass is 9.79. The number of amides is 4. The molecule has 5 heterocycles. The Morgan fingerprint density at radius 3 is 2.57 bits per heavy atom. The smallest absolute Gasteiger partial charge is 0.281 e. The van der Waals surface area contributed by atoms with E-state index in [4.69, 9.17) is 26.8 Å². The van der Waals surface area contributed by atoms with Crippen molar-refractivity contribution < 1.29 is 33.8 Å². The summed E-state index contributed by atoms with van der Waals surface area (Å²) in [5, 5.41) is 19.5. The normalized spacial score (nSPS) is 26.4. The molecule has 342 valence electrons. The quantitative estimate of drug-likeness (QED) is 0.151. The van der Waals surface area contributed by atoms with Gasteiger partial charge >= 0.3 is 0 Å². The maximum absolute atomic E-state index is 14.4. The number of piperazine rings is 1. The Morgan fingerprint density at radius 2 is 1.90 bits per heavy atom. The van der Waals surface area contributed by atoms with Crippen molar-refractivity contribution in [3.8, 4) is 5.75 Å². The summed E-state index contributed by atoms with van der Waals surface area (Å²) in [6.07, 6.45) is 4.49. The van der Waals surface area contributed by atoms with Crippen LogP contribution in [0.1, 0.15) is 82.3 Å². The minimum atomic E-state index is -2.01. The number of methoxy groups -OCH3 is 1. The lowest BCUT2D eigenvalue weighted by Gasteiger charge is -2.49. The van der Waals surface area contributed by atoms with Crippen LogP contribution >= 0.6 is 27.5 Å². The van der Waals surface area contributed by atoms with Crippen LogP contribution in [0.15, 0.2) is 41.0 Å². The van der Waals surface area contributed by atoms with Crippen molar-refractivity contribution in [3.63, 3.8) is 0 Å². The van der Waals surface area contributed by atoms with Gasteiger partial charge in [0.1, 0.15) is 17.8 Å². The fraction of sp³-hybridized carbons (Fsp3) is 0.565. The number of aromatic amines is 1. The van der Waals surface area contributed by atoms with Gasteiger partial charge in [-0.25, -0.2) is 0 Å². The van der Waals surface area contributed by atoms with Crippen molar-refractivity contribution in [1.82, 2.24) is 35.2 Å². The molecule has 17 heteroatoms. The molecule has 3 saturated heterocycles. The molecule has 0 bridgehead atoms. The number of fused-ring (bicyclic) bond motifs is 5. The topological polar surface area (TPSA) is 186 Å². The van der Waals surface area contributed by atoms with Gasteiger partial charge in [0, 0.05) is 55.1 Å². The van der Waals surface area contributed by atoms with E-state index >= 15 is 0 Å². The maximum Gasteiger partial charge on any atom is 0.281 e. The standard InChI is InChI=1S/C32H40BrN5O5.C14H22ClN3O2/c1-16(2)12-24-29(40)37-11-7-10-25(37)32(42)38(24)30(41)31(43-32,17(3)4)35-28(39)18-13-20-19-8-6-9-22-26(19)21(27(33)34-22)14-23(20)36(5)15-18;1-4-18(5-2)7-6-17-14(19)10-8-11(15)12(16)9-13(10)20-3/h6,8-9,13,16-18,23-25,34,42H,7,10-12,14-15H2,1-5H3,(H,35,39);8-9H,4-7,16H2,1-3H3,(H,17,19)/t18-,23-,24+,25+,31-,32+;/m1./s1. The zero-order valence-corrected chi connectivity index (χ0v) is 39.9. The minimum absolute atomic E-state index is 0.104. The van der Waals surface area contributed by atoms with E-state index in [1.54, 1.807) is 24.8 Å². The molecule has 6 atom stereocenters. The summed E-state index contributed by atoms with van der Waals surface area (Å²) in [7, 11) is 3.52. The Bertz CT molecular complexity index is 2300. The molecule has 8 rings (SSSR count). The number of nitrogen functional groups attached to an aromatic ring is 1. The number of nitrogens with two attached hydrogens (primary N) is 1. The number of aromatic nitrogens is 1. The SMILES string of the molecule is CC(C)C[C@H]1C(=O)N2CCC[C@H]2[C@]2(O)O[C@](NC(=O)[C@@H]3C=C4c5cccc6[nH]c(Br)c(c56)C[C@H]4N(C)C3)(C(C)C)C(=O)N12.CCN(CC)CCNC(=O)c1cc(Cl)c(N)cc1OC. The molecule has 2 aromatic carbocycles. The number of hydrogen-bond acceptors (Lipinski definition) is 10. The van der Waals surface area contributed by atoms with E-state index in [2.05, 4.69) is 67.3 Å². The molecular weight excluding hydrogens is 892 g/mol. The van der Waals surface area contributed by atoms with Gasteiger partial charge in [-0.2, -0.15) is 0 Å². The first-order valence-electron chi connectivity index (χ1n) is 22.1. The molecule has 1 aromatic heterocycles. The van der Waals surface area contributed by atoms with Crippen LogP contribution in [0.4, 0.5) is 5.69 Å². The Labute approximate surface area is 383 Å². The zero-order valence-electron chi connectivity index (χ0n) is 37.5. The Hall–Kier alpha value is -4.19. The molecule has 1 aliphatic carbocycles. The predicted octanol–water partition coefficient (Wildman–Crippen LogP) is 5.20. The van der Waals surface area contributed by atoms with E-state index in [9.17, 15) is 24.3 Å². The van der Waals surface area contributed by atoms with Gasteiger partial charge < -0.3 is 41.0 Å². The second-order valence-electron chi connectivity index (χ2n) is 18.0. The molecule has 15 nitrogen and oxygen atoms in total. The van der Waals surface area contributed by atoms with Crippen molar-refractivity contribution in [3.05, 3.63) is 62.7 Å². The number of ether oxygens (including phenoxy) is 2. The number of aliphatic hydroxyl groups is 1. The van der Waals surface area contributed by atoms with Gasteiger partial charge in [0.15, 0.2) is 0 Å². The first-order valence-corrected chi connectivity index (χ1v) is 23.3. The monoisotopic (exact) mass is 952 g/mol. The number of carbonyl (C=O) groups is 4. The summed E-state index contributed by atoms with van der Waals surface area (Å²) >= 11 is 9.65.